The van der Waals surface area contributed by atoms with E-state index >= 15 is 0 Å². The number of anilines is 1. The van der Waals surface area contributed by atoms with E-state index in [1.165, 1.54) is 11.1 Å². The molecule has 2 N–H and O–H groups in total. The minimum Gasteiger partial charge on any atom is -0.488 e. The van der Waals surface area contributed by atoms with Gasteiger partial charge >= 0.3 is 0 Å². The Morgan fingerprint density at radius 3 is 2.28 bits per heavy atom. The summed E-state index contributed by atoms with van der Waals surface area (Å²) in [7, 11) is 0. The van der Waals surface area contributed by atoms with Crippen molar-refractivity contribution in [1.82, 2.24) is 0 Å². The molecule has 1 aliphatic heterocycles. The van der Waals surface area contributed by atoms with Crippen LogP contribution < -0.4 is 10.5 Å². The van der Waals surface area contributed by atoms with Gasteiger partial charge in [-0.25, -0.2) is 0 Å². The molecule has 0 aromatic heterocycles. The van der Waals surface area contributed by atoms with E-state index < -0.39 is 0 Å². The first-order chi connectivity index (χ1) is 8.45. The molecule has 0 saturated carbocycles. The molecule has 0 amide bonds. The molecule has 1 aliphatic rings. The van der Waals surface area contributed by atoms with Crippen LogP contribution >= 0.6 is 0 Å². The van der Waals surface area contributed by atoms with E-state index in [-0.39, 0.29) is 18.3 Å². The molecule has 0 radical (unpaired) electrons. The summed E-state index contributed by atoms with van der Waals surface area (Å²) in [5.74, 6) is 0.810. The van der Waals surface area contributed by atoms with Crippen LogP contribution in [-0.2, 0) is 4.74 Å². The Bertz CT molecular complexity index is 421. The summed E-state index contributed by atoms with van der Waals surface area (Å²) in [5, 5.41) is 0. The van der Waals surface area contributed by atoms with Gasteiger partial charge in [-0.1, -0.05) is 0 Å². The van der Waals surface area contributed by atoms with Gasteiger partial charge in [0.2, 0.25) is 0 Å². The quantitative estimate of drug-likeness (QED) is 0.818. The number of ether oxygens (including phenoxy) is 2. The third-order valence-electron chi connectivity index (χ3n) is 3.57. The summed E-state index contributed by atoms with van der Waals surface area (Å²) in [4.78, 5) is 0. The minimum absolute atomic E-state index is 0.202. The van der Waals surface area contributed by atoms with E-state index in [1.54, 1.807) is 0 Å². The summed E-state index contributed by atoms with van der Waals surface area (Å²) in [6, 6.07) is 4.02. The lowest BCUT2D eigenvalue weighted by atomic mass is 10.0. The van der Waals surface area contributed by atoms with Crippen LogP contribution in [0.3, 0.4) is 0 Å². The molecule has 100 valence electrons. The van der Waals surface area contributed by atoms with Crippen molar-refractivity contribution in [2.75, 3.05) is 5.73 Å². The molecule has 0 spiro atoms. The molecule has 1 heterocycles. The fraction of sp³-hybridized carbons (Fsp3) is 0.600. The highest BCUT2D eigenvalue weighted by Crippen LogP contribution is 2.30. The Morgan fingerprint density at radius 1 is 1.11 bits per heavy atom. The Kier molecular flexibility index (Phi) is 3.81. The summed E-state index contributed by atoms with van der Waals surface area (Å²) in [5.41, 5.74) is 9.16. The van der Waals surface area contributed by atoms with Crippen molar-refractivity contribution in [3.05, 3.63) is 23.3 Å². The Balaban J connectivity index is 2.11. The van der Waals surface area contributed by atoms with Gasteiger partial charge in [0.05, 0.1) is 17.9 Å². The molecule has 2 unspecified atom stereocenters. The molecule has 18 heavy (non-hydrogen) atoms. The van der Waals surface area contributed by atoms with Crippen molar-refractivity contribution >= 4 is 5.69 Å². The fourth-order valence-electron chi connectivity index (χ4n) is 2.53. The zero-order valence-corrected chi connectivity index (χ0v) is 11.7. The van der Waals surface area contributed by atoms with Crippen LogP contribution in [-0.4, -0.2) is 18.3 Å². The molecular formula is C15H23NO2. The summed E-state index contributed by atoms with van der Waals surface area (Å²) in [6.07, 6.45) is 2.57. The number of hydrogen-bond acceptors (Lipinski definition) is 3. The van der Waals surface area contributed by atoms with Gasteiger partial charge in [-0.05, 0) is 51.0 Å². The maximum Gasteiger partial charge on any atom is 0.142 e. The highest BCUT2D eigenvalue weighted by atomic mass is 16.5. The lowest BCUT2D eigenvalue weighted by molar-refractivity contribution is -0.0720. The SMILES string of the molecule is Cc1cc(N)c(OC2CC(C)OC(C)C2)cc1C. The first-order valence-corrected chi connectivity index (χ1v) is 6.64. The predicted octanol–water partition coefficient (Wildman–Crippen LogP) is 3.22. The molecule has 3 nitrogen and oxygen atoms in total. The average molecular weight is 249 g/mol. The van der Waals surface area contributed by atoms with E-state index in [0.29, 0.717) is 0 Å². The molecule has 3 heteroatoms. The second kappa shape index (κ2) is 5.19. The smallest absolute Gasteiger partial charge is 0.142 e. The van der Waals surface area contributed by atoms with Crippen molar-refractivity contribution in [1.29, 1.82) is 0 Å². The third-order valence-corrected chi connectivity index (χ3v) is 3.57. The van der Waals surface area contributed by atoms with Gasteiger partial charge in [0.15, 0.2) is 0 Å². The van der Waals surface area contributed by atoms with Crippen molar-refractivity contribution in [3.8, 4) is 5.75 Å². The molecule has 0 bridgehead atoms. The van der Waals surface area contributed by atoms with Crippen LogP contribution in [0.5, 0.6) is 5.75 Å². The zero-order chi connectivity index (χ0) is 13.3. The average Bonchev–Trinajstić information content (AvgIpc) is 2.24. The maximum absolute atomic E-state index is 6.06. The number of aryl methyl sites for hydroxylation is 2. The second-order valence-corrected chi connectivity index (χ2v) is 5.44. The number of benzene rings is 1. The molecule has 1 fully saturated rings. The molecule has 1 aromatic carbocycles. The van der Waals surface area contributed by atoms with Crippen LogP contribution in [0, 0.1) is 13.8 Å². The van der Waals surface area contributed by atoms with E-state index in [4.69, 9.17) is 15.2 Å². The van der Waals surface area contributed by atoms with Gasteiger partial charge in [-0.3, -0.25) is 0 Å². The van der Waals surface area contributed by atoms with E-state index in [9.17, 15) is 0 Å². The first-order valence-electron chi connectivity index (χ1n) is 6.64. The Labute approximate surface area is 109 Å². The largest absolute Gasteiger partial charge is 0.488 e. The van der Waals surface area contributed by atoms with Crippen molar-refractivity contribution in [2.45, 2.75) is 58.8 Å². The van der Waals surface area contributed by atoms with Crippen LogP contribution in [0.1, 0.15) is 37.8 Å². The lowest BCUT2D eigenvalue weighted by Gasteiger charge is -2.32. The number of nitrogen functional groups attached to an aromatic ring is 1. The van der Waals surface area contributed by atoms with E-state index in [1.807, 2.05) is 12.1 Å². The summed E-state index contributed by atoms with van der Waals surface area (Å²) >= 11 is 0. The first kappa shape index (κ1) is 13.2. The van der Waals surface area contributed by atoms with Gasteiger partial charge in [0.25, 0.3) is 0 Å². The minimum atomic E-state index is 0.202. The topological polar surface area (TPSA) is 44.5 Å². The molecule has 2 rings (SSSR count). The predicted molar refractivity (Wildman–Crippen MR) is 74.0 cm³/mol. The van der Waals surface area contributed by atoms with Crippen molar-refractivity contribution in [3.63, 3.8) is 0 Å². The standard InChI is InChI=1S/C15H23NO2/c1-9-5-14(16)15(6-10(9)2)18-13-7-11(3)17-12(4)8-13/h5-6,11-13H,7-8,16H2,1-4H3. The molecular weight excluding hydrogens is 226 g/mol. The van der Waals surface area contributed by atoms with Crippen LogP contribution in [0.25, 0.3) is 0 Å². The van der Waals surface area contributed by atoms with Crippen molar-refractivity contribution < 1.29 is 9.47 Å². The monoisotopic (exact) mass is 249 g/mol. The lowest BCUT2D eigenvalue weighted by Crippen LogP contribution is -2.35. The Hall–Kier alpha value is -1.22. The van der Waals surface area contributed by atoms with E-state index in [2.05, 4.69) is 27.7 Å². The van der Waals surface area contributed by atoms with Gasteiger partial charge in [-0.2, -0.15) is 0 Å². The van der Waals surface area contributed by atoms with Crippen molar-refractivity contribution in [2.24, 2.45) is 0 Å². The molecule has 1 saturated heterocycles. The van der Waals surface area contributed by atoms with Gasteiger partial charge in [0.1, 0.15) is 11.9 Å². The second-order valence-electron chi connectivity index (χ2n) is 5.44. The van der Waals surface area contributed by atoms with Crippen LogP contribution in [0.15, 0.2) is 12.1 Å². The summed E-state index contributed by atoms with van der Waals surface area (Å²) < 4.78 is 11.8. The molecule has 0 aliphatic carbocycles. The van der Waals surface area contributed by atoms with Gasteiger partial charge in [0, 0.05) is 12.8 Å². The van der Waals surface area contributed by atoms with Gasteiger partial charge < -0.3 is 15.2 Å². The zero-order valence-electron chi connectivity index (χ0n) is 11.7. The number of hydrogen-bond donors (Lipinski definition) is 1. The Morgan fingerprint density at radius 2 is 1.67 bits per heavy atom. The highest BCUT2D eigenvalue weighted by Gasteiger charge is 2.26. The van der Waals surface area contributed by atoms with Crippen LogP contribution in [0.2, 0.25) is 0 Å². The number of rotatable bonds is 2. The molecule has 2 atom stereocenters. The highest BCUT2D eigenvalue weighted by molar-refractivity contribution is 5.56. The van der Waals surface area contributed by atoms with Crippen LogP contribution in [0.4, 0.5) is 5.69 Å². The maximum atomic E-state index is 6.06. The molecule has 1 aromatic rings. The number of nitrogens with two attached hydrogens (primary N) is 1. The third kappa shape index (κ3) is 2.96. The fourth-order valence-corrected chi connectivity index (χ4v) is 2.53. The van der Waals surface area contributed by atoms with E-state index in [0.717, 1.165) is 24.3 Å². The summed E-state index contributed by atoms with van der Waals surface area (Å²) in [6.45, 7) is 8.33. The van der Waals surface area contributed by atoms with Gasteiger partial charge in [-0.15, -0.1) is 0 Å². The normalized spacial score (nSPS) is 28.1.